The van der Waals surface area contributed by atoms with Gasteiger partial charge in [0.05, 0.1) is 19.2 Å². The van der Waals surface area contributed by atoms with E-state index in [1.165, 1.54) is 0 Å². The number of amides is 1. The van der Waals surface area contributed by atoms with Crippen molar-refractivity contribution in [3.63, 3.8) is 0 Å². The normalized spacial score (nSPS) is 10.8. The number of ether oxygens (including phenoxy) is 2. The molecular weight excluding hydrogens is 435 g/mol. The molecule has 0 bridgehead atoms. The fraction of sp³-hybridized carbons (Fsp3) is 0.167. The Morgan fingerprint density at radius 1 is 0.935 bits per heavy atom. The molecule has 3 aromatic carbocycles. The number of halogens is 2. The first kappa shape index (κ1) is 22.7. The molecule has 31 heavy (non-hydrogen) atoms. The highest BCUT2D eigenvalue weighted by Gasteiger charge is 2.07. The molecule has 1 amide bonds. The Bertz CT molecular complexity index is 1050. The van der Waals surface area contributed by atoms with Gasteiger partial charge in [-0.1, -0.05) is 47.5 Å². The predicted octanol–water partition coefficient (Wildman–Crippen LogP) is 5.66. The average molecular weight is 457 g/mol. The van der Waals surface area contributed by atoms with E-state index >= 15 is 0 Å². The van der Waals surface area contributed by atoms with Crippen LogP contribution >= 0.6 is 23.2 Å². The molecule has 5 nitrogen and oxygen atoms in total. The minimum absolute atomic E-state index is 0.217. The summed E-state index contributed by atoms with van der Waals surface area (Å²) < 4.78 is 11.6. The largest absolute Gasteiger partial charge is 0.490 e. The van der Waals surface area contributed by atoms with Gasteiger partial charge in [0.25, 0.3) is 0 Å². The fourth-order valence-corrected chi connectivity index (χ4v) is 3.13. The third-order valence-corrected chi connectivity index (χ3v) is 4.72. The van der Waals surface area contributed by atoms with Crippen LogP contribution in [0.3, 0.4) is 0 Å². The van der Waals surface area contributed by atoms with Crippen molar-refractivity contribution < 1.29 is 14.3 Å². The third kappa shape index (κ3) is 7.31. The number of carbonyl (C=O) groups excluding carboxylic acids is 1. The molecule has 0 aromatic heterocycles. The standard InChI is InChI=1S/C24H22Cl2N2O3/c1-2-30-23-13-18(8-11-22(23)31-16-19-4-3-5-21(26)12-19)15-27-28-24(29)14-17-6-9-20(25)10-7-17/h3-13,15H,2,14,16H2,1H3,(H,28,29)/b27-15-. The average Bonchev–Trinajstić information content (AvgIpc) is 2.75. The van der Waals surface area contributed by atoms with Crippen LogP contribution in [0.1, 0.15) is 23.6 Å². The summed E-state index contributed by atoms with van der Waals surface area (Å²) in [6.45, 7) is 2.76. The Balaban J connectivity index is 1.60. The van der Waals surface area contributed by atoms with Crippen LogP contribution in [0.25, 0.3) is 0 Å². The number of rotatable bonds is 9. The van der Waals surface area contributed by atoms with Gasteiger partial charge >= 0.3 is 0 Å². The quantitative estimate of drug-likeness (QED) is 0.333. The van der Waals surface area contributed by atoms with Crippen molar-refractivity contribution in [2.24, 2.45) is 5.10 Å². The van der Waals surface area contributed by atoms with Crippen LogP contribution in [0, 0.1) is 0 Å². The number of hydrogen-bond acceptors (Lipinski definition) is 4. The van der Waals surface area contributed by atoms with Crippen LogP contribution < -0.4 is 14.9 Å². The zero-order chi connectivity index (χ0) is 22.1. The Kier molecular flexibility index (Phi) is 8.33. The Labute approximate surface area is 191 Å². The number of hydrogen-bond donors (Lipinski definition) is 1. The van der Waals surface area contributed by atoms with E-state index in [-0.39, 0.29) is 12.3 Å². The molecule has 3 aromatic rings. The lowest BCUT2D eigenvalue weighted by atomic mass is 10.1. The topological polar surface area (TPSA) is 59.9 Å². The van der Waals surface area contributed by atoms with Crippen LogP contribution in [-0.2, 0) is 17.8 Å². The van der Waals surface area contributed by atoms with Crippen LogP contribution in [0.15, 0.2) is 71.8 Å². The summed E-state index contributed by atoms with van der Waals surface area (Å²) in [7, 11) is 0. The van der Waals surface area contributed by atoms with Gasteiger partial charge in [0.15, 0.2) is 11.5 Å². The van der Waals surface area contributed by atoms with Crippen molar-refractivity contribution in [3.05, 3.63) is 93.5 Å². The molecule has 0 saturated carbocycles. The van der Waals surface area contributed by atoms with Crippen molar-refractivity contribution >= 4 is 35.3 Å². The zero-order valence-corrected chi connectivity index (χ0v) is 18.5. The van der Waals surface area contributed by atoms with Crippen molar-refractivity contribution in [1.29, 1.82) is 0 Å². The Morgan fingerprint density at radius 3 is 2.48 bits per heavy atom. The molecule has 0 spiro atoms. The highest BCUT2D eigenvalue weighted by Crippen LogP contribution is 2.29. The third-order valence-electron chi connectivity index (χ3n) is 4.23. The van der Waals surface area contributed by atoms with Crippen molar-refractivity contribution in [2.75, 3.05) is 6.61 Å². The summed E-state index contributed by atoms with van der Waals surface area (Å²) in [5.74, 6) is 0.997. The molecule has 160 valence electrons. The second-order valence-electron chi connectivity index (χ2n) is 6.65. The van der Waals surface area contributed by atoms with Gasteiger partial charge in [0, 0.05) is 10.0 Å². The van der Waals surface area contributed by atoms with Gasteiger partial charge < -0.3 is 9.47 Å². The highest BCUT2D eigenvalue weighted by molar-refractivity contribution is 6.30. The minimum atomic E-state index is -0.218. The number of nitrogens with zero attached hydrogens (tertiary/aromatic N) is 1. The van der Waals surface area contributed by atoms with E-state index in [1.807, 2.05) is 61.5 Å². The summed E-state index contributed by atoms with van der Waals surface area (Å²) in [5.41, 5.74) is 5.11. The fourth-order valence-electron chi connectivity index (χ4n) is 2.79. The molecule has 0 radical (unpaired) electrons. The molecule has 0 heterocycles. The molecule has 0 aliphatic heterocycles. The summed E-state index contributed by atoms with van der Waals surface area (Å²) in [4.78, 5) is 12.0. The van der Waals surface area contributed by atoms with E-state index in [0.717, 1.165) is 16.7 Å². The van der Waals surface area contributed by atoms with Crippen molar-refractivity contribution in [2.45, 2.75) is 20.0 Å². The van der Waals surface area contributed by atoms with Crippen LogP contribution in [0.5, 0.6) is 11.5 Å². The SMILES string of the molecule is CCOc1cc(/C=N\NC(=O)Cc2ccc(Cl)cc2)ccc1OCc1cccc(Cl)c1. The summed E-state index contributed by atoms with van der Waals surface area (Å²) in [6, 6.07) is 20.1. The van der Waals surface area contributed by atoms with Gasteiger partial charge in [-0.2, -0.15) is 5.10 Å². The van der Waals surface area contributed by atoms with Gasteiger partial charge in [-0.15, -0.1) is 0 Å². The highest BCUT2D eigenvalue weighted by atomic mass is 35.5. The second kappa shape index (κ2) is 11.4. The number of benzene rings is 3. The van der Waals surface area contributed by atoms with Gasteiger partial charge in [0.1, 0.15) is 6.61 Å². The van der Waals surface area contributed by atoms with E-state index in [0.29, 0.717) is 34.8 Å². The first-order valence-electron chi connectivity index (χ1n) is 9.74. The molecule has 0 fully saturated rings. The molecule has 0 saturated heterocycles. The monoisotopic (exact) mass is 456 g/mol. The summed E-state index contributed by atoms with van der Waals surface area (Å²) in [6.07, 6.45) is 1.78. The van der Waals surface area contributed by atoms with E-state index in [2.05, 4.69) is 10.5 Å². The lowest BCUT2D eigenvalue weighted by Crippen LogP contribution is -2.19. The van der Waals surface area contributed by atoms with Crippen molar-refractivity contribution in [1.82, 2.24) is 5.43 Å². The molecule has 0 unspecified atom stereocenters. The Hall–Kier alpha value is -3.02. The van der Waals surface area contributed by atoms with E-state index in [4.69, 9.17) is 32.7 Å². The first-order chi connectivity index (χ1) is 15.0. The number of carbonyl (C=O) groups is 1. The molecule has 0 atom stereocenters. The molecule has 0 aliphatic carbocycles. The maximum absolute atomic E-state index is 12.0. The summed E-state index contributed by atoms with van der Waals surface area (Å²) >= 11 is 11.9. The van der Waals surface area contributed by atoms with Crippen LogP contribution in [0.4, 0.5) is 0 Å². The molecule has 1 N–H and O–H groups in total. The molecule has 0 aliphatic rings. The lowest BCUT2D eigenvalue weighted by Gasteiger charge is -2.12. The van der Waals surface area contributed by atoms with Crippen LogP contribution in [-0.4, -0.2) is 18.7 Å². The minimum Gasteiger partial charge on any atom is -0.490 e. The van der Waals surface area contributed by atoms with Crippen molar-refractivity contribution in [3.8, 4) is 11.5 Å². The molecule has 7 heteroatoms. The number of nitrogens with one attached hydrogen (secondary N) is 1. The first-order valence-corrected chi connectivity index (χ1v) is 10.5. The van der Waals surface area contributed by atoms with Gasteiger partial charge in [-0.05, 0) is 66.1 Å². The van der Waals surface area contributed by atoms with Gasteiger partial charge in [-0.3, -0.25) is 4.79 Å². The maximum Gasteiger partial charge on any atom is 0.244 e. The number of hydrazone groups is 1. The smallest absolute Gasteiger partial charge is 0.244 e. The van der Waals surface area contributed by atoms with Gasteiger partial charge in [-0.25, -0.2) is 5.43 Å². The van der Waals surface area contributed by atoms with Gasteiger partial charge in [0.2, 0.25) is 5.91 Å². The summed E-state index contributed by atoms with van der Waals surface area (Å²) in [5, 5.41) is 5.32. The predicted molar refractivity (Wildman–Crippen MR) is 124 cm³/mol. The lowest BCUT2D eigenvalue weighted by molar-refractivity contribution is -0.120. The van der Waals surface area contributed by atoms with Crippen LogP contribution in [0.2, 0.25) is 10.0 Å². The molecule has 3 rings (SSSR count). The van der Waals surface area contributed by atoms with E-state index in [1.54, 1.807) is 18.3 Å². The van der Waals surface area contributed by atoms with E-state index in [9.17, 15) is 4.79 Å². The maximum atomic E-state index is 12.0. The Morgan fingerprint density at radius 2 is 1.74 bits per heavy atom. The zero-order valence-electron chi connectivity index (χ0n) is 17.0. The second-order valence-corrected chi connectivity index (χ2v) is 7.53. The van der Waals surface area contributed by atoms with E-state index < -0.39 is 0 Å². The molecular formula is C24H22Cl2N2O3.